The quantitative estimate of drug-likeness (QED) is 0.900. The Morgan fingerprint density at radius 3 is 2.53 bits per heavy atom. The Morgan fingerprint density at radius 2 is 1.79 bits per heavy atom. The van der Waals surface area contributed by atoms with Gasteiger partial charge in [0.25, 0.3) is 0 Å². The second kappa shape index (κ2) is 6.31. The van der Waals surface area contributed by atoms with Gasteiger partial charge in [-0.25, -0.2) is 4.39 Å². The highest BCUT2D eigenvalue weighted by Gasteiger charge is 2.11. The predicted octanol–water partition coefficient (Wildman–Crippen LogP) is 4.04. The molecule has 0 saturated carbocycles. The molecule has 100 valence electrons. The fourth-order valence-corrected chi connectivity index (χ4v) is 2.55. The number of aliphatic hydroxyl groups excluding tert-OH is 1. The topological polar surface area (TPSA) is 20.2 Å². The Kier molecular flexibility index (Phi) is 4.72. The monoisotopic (exact) mass is 322 g/mol. The Bertz CT molecular complexity index is 568. The SMILES string of the molecule is Cc1ccc(F)cc1CC(O)Cc1ccccc1Br. The molecule has 0 aliphatic heterocycles. The van der Waals surface area contributed by atoms with Crippen molar-refractivity contribution in [2.75, 3.05) is 0 Å². The predicted molar refractivity (Wildman–Crippen MR) is 78.7 cm³/mol. The highest BCUT2D eigenvalue weighted by Crippen LogP contribution is 2.20. The minimum Gasteiger partial charge on any atom is -0.392 e. The summed E-state index contributed by atoms with van der Waals surface area (Å²) in [6.07, 6.45) is 0.502. The van der Waals surface area contributed by atoms with E-state index >= 15 is 0 Å². The van der Waals surface area contributed by atoms with Gasteiger partial charge in [-0.1, -0.05) is 40.2 Å². The minimum absolute atomic E-state index is 0.256. The number of aryl methyl sites for hydroxylation is 1. The van der Waals surface area contributed by atoms with Crippen LogP contribution >= 0.6 is 15.9 Å². The molecule has 19 heavy (non-hydrogen) atoms. The Balaban J connectivity index is 2.07. The van der Waals surface area contributed by atoms with E-state index in [-0.39, 0.29) is 5.82 Å². The highest BCUT2D eigenvalue weighted by atomic mass is 79.9. The molecule has 2 rings (SSSR count). The number of aliphatic hydroxyl groups is 1. The molecule has 1 N–H and O–H groups in total. The number of rotatable bonds is 4. The molecule has 0 saturated heterocycles. The summed E-state index contributed by atoms with van der Waals surface area (Å²) in [6, 6.07) is 12.5. The van der Waals surface area contributed by atoms with Crippen LogP contribution < -0.4 is 0 Å². The molecule has 0 aliphatic carbocycles. The molecular formula is C16H16BrFO. The number of hydrogen-bond donors (Lipinski definition) is 1. The van der Waals surface area contributed by atoms with Crippen LogP contribution in [0, 0.1) is 12.7 Å². The maximum atomic E-state index is 13.2. The summed E-state index contributed by atoms with van der Waals surface area (Å²) in [7, 11) is 0. The van der Waals surface area contributed by atoms with Gasteiger partial charge in [0.1, 0.15) is 5.82 Å². The lowest BCUT2D eigenvalue weighted by atomic mass is 9.98. The fourth-order valence-electron chi connectivity index (χ4n) is 2.10. The van der Waals surface area contributed by atoms with E-state index in [2.05, 4.69) is 15.9 Å². The third-order valence-corrected chi connectivity index (χ3v) is 3.95. The molecular weight excluding hydrogens is 307 g/mol. The summed E-state index contributed by atoms with van der Waals surface area (Å²) in [6.45, 7) is 1.93. The van der Waals surface area contributed by atoms with Crippen molar-refractivity contribution in [2.45, 2.75) is 25.9 Å². The Hall–Kier alpha value is -1.19. The van der Waals surface area contributed by atoms with Crippen LogP contribution in [0.2, 0.25) is 0 Å². The number of halogens is 2. The summed E-state index contributed by atoms with van der Waals surface area (Å²) < 4.78 is 14.2. The van der Waals surface area contributed by atoms with E-state index in [4.69, 9.17) is 0 Å². The zero-order valence-electron chi connectivity index (χ0n) is 10.7. The lowest BCUT2D eigenvalue weighted by Gasteiger charge is -2.13. The van der Waals surface area contributed by atoms with E-state index in [9.17, 15) is 9.50 Å². The van der Waals surface area contributed by atoms with Crippen molar-refractivity contribution < 1.29 is 9.50 Å². The summed E-state index contributed by atoms with van der Waals surface area (Å²) in [4.78, 5) is 0. The number of hydrogen-bond acceptors (Lipinski definition) is 1. The molecule has 0 heterocycles. The van der Waals surface area contributed by atoms with Crippen LogP contribution in [-0.2, 0) is 12.8 Å². The van der Waals surface area contributed by atoms with Crippen molar-refractivity contribution >= 4 is 15.9 Å². The molecule has 1 atom stereocenters. The van der Waals surface area contributed by atoms with Gasteiger partial charge >= 0.3 is 0 Å². The van der Waals surface area contributed by atoms with Gasteiger partial charge in [0.2, 0.25) is 0 Å². The van der Waals surface area contributed by atoms with E-state index in [1.165, 1.54) is 12.1 Å². The van der Waals surface area contributed by atoms with Crippen LogP contribution in [0.15, 0.2) is 46.9 Å². The van der Waals surface area contributed by atoms with Gasteiger partial charge in [-0.2, -0.15) is 0 Å². The molecule has 3 heteroatoms. The molecule has 0 spiro atoms. The van der Waals surface area contributed by atoms with Crippen molar-refractivity contribution in [1.29, 1.82) is 0 Å². The van der Waals surface area contributed by atoms with Crippen molar-refractivity contribution in [2.24, 2.45) is 0 Å². The van der Waals surface area contributed by atoms with Crippen LogP contribution in [0.25, 0.3) is 0 Å². The Labute approximate surface area is 121 Å². The first-order chi connectivity index (χ1) is 9.06. The molecule has 0 bridgehead atoms. The summed E-state index contributed by atoms with van der Waals surface area (Å²) >= 11 is 3.47. The van der Waals surface area contributed by atoms with Gasteiger partial charge in [-0.05, 0) is 54.7 Å². The van der Waals surface area contributed by atoms with Crippen molar-refractivity contribution in [3.8, 4) is 0 Å². The molecule has 1 nitrogen and oxygen atoms in total. The van der Waals surface area contributed by atoms with Gasteiger partial charge < -0.3 is 5.11 Å². The standard InChI is InChI=1S/C16H16BrFO/c1-11-6-7-14(18)8-13(11)10-15(19)9-12-4-2-3-5-16(12)17/h2-8,15,19H,9-10H2,1H3. The molecule has 0 aliphatic rings. The highest BCUT2D eigenvalue weighted by molar-refractivity contribution is 9.10. The van der Waals surface area contributed by atoms with Crippen LogP contribution in [-0.4, -0.2) is 11.2 Å². The maximum absolute atomic E-state index is 13.2. The minimum atomic E-state index is -0.515. The van der Waals surface area contributed by atoms with Gasteiger partial charge in [0, 0.05) is 4.47 Å². The molecule has 0 aromatic heterocycles. The van der Waals surface area contributed by atoms with E-state index in [1.54, 1.807) is 6.07 Å². The molecule has 1 unspecified atom stereocenters. The van der Waals surface area contributed by atoms with Crippen molar-refractivity contribution in [3.63, 3.8) is 0 Å². The van der Waals surface area contributed by atoms with E-state index < -0.39 is 6.10 Å². The average molecular weight is 323 g/mol. The largest absolute Gasteiger partial charge is 0.392 e. The molecule has 0 amide bonds. The normalized spacial score (nSPS) is 12.4. The summed E-state index contributed by atoms with van der Waals surface area (Å²) in [5, 5.41) is 10.2. The van der Waals surface area contributed by atoms with Gasteiger partial charge in [0.05, 0.1) is 6.10 Å². The lowest BCUT2D eigenvalue weighted by molar-refractivity contribution is 0.175. The first-order valence-corrected chi connectivity index (χ1v) is 7.02. The summed E-state index contributed by atoms with van der Waals surface area (Å²) in [5.41, 5.74) is 2.93. The van der Waals surface area contributed by atoms with Crippen molar-refractivity contribution in [1.82, 2.24) is 0 Å². The van der Waals surface area contributed by atoms with Gasteiger partial charge in [-0.3, -0.25) is 0 Å². The van der Waals surface area contributed by atoms with Gasteiger partial charge in [-0.15, -0.1) is 0 Å². The van der Waals surface area contributed by atoms with Crippen LogP contribution in [0.3, 0.4) is 0 Å². The third-order valence-electron chi connectivity index (χ3n) is 3.18. The Morgan fingerprint density at radius 1 is 1.11 bits per heavy atom. The zero-order valence-corrected chi connectivity index (χ0v) is 12.3. The molecule has 2 aromatic carbocycles. The van der Waals surface area contributed by atoms with Crippen molar-refractivity contribution in [3.05, 3.63) is 69.4 Å². The van der Waals surface area contributed by atoms with E-state index in [1.807, 2.05) is 31.2 Å². The summed E-state index contributed by atoms with van der Waals surface area (Å²) in [5.74, 6) is -0.256. The first kappa shape index (κ1) is 14.2. The van der Waals surface area contributed by atoms with Gasteiger partial charge in [0.15, 0.2) is 0 Å². The fraction of sp³-hybridized carbons (Fsp3) is 0.250. The van der Waals surface area contributed by atoms with E-state index in [0.717, 1.165) is 21.2 Å². The first-order valence-electron chi connectivity index (χ1n) is 6.23. The van der Waals surface area contributed by atoms with E-state index in [0.29, 0.717) is 12.8 Å². The maximum Gasteiger partial charge on any atom is 0.123 e. The molecule has 0 fully saturated rings. The lowest BCUT2D eigenvalue weighted by Crippen LogP contribution is -2.15. The second-order valence-electron chi connectivity index (χ2n) is 4.72. The smallest absolute Gasteiger partial charge is 0.123 e. The third kappa shape index (κ3) is 3.88. The molecule has 0 radical (unpaired) electrons. The second-order valence-corrected chi connectivity index (χ2v) is 5.58. The average Bonchev–Trinajstić information content (AvgIpc) is 2.37. The molecule has 2 aromatic rings. The zero-order chi connectivity index (χ0) is 13.8. The van der Waals surface area contributed by atoms with Crippen LogP contribution in [0.5, 0.6) is 0 Å². The number of benzene rings is 2. The van der Waals surface area contributed by atoms with Crippen LogP contribution in [0.4, 0.5) is 4.39 Å². The van der Waals surface area contributed by atoms with Crippen LogP contribution in [0.1, 0.15) is 16.7 Å².